The molecule has 70 valence electrons. The van der Waals surface area contributed by atoms with Crippen LogP contribution in [0.4, 0.5) is 0 Å². The van der Waals surface area contributed by atoms with Crippen molar-refractivity contribution in [1.29, 1.82) is 0 Å². The van der Waals surface area contributed by atoms with E-state index < -0.39 is 12.2 Å². The van der Waals surface area contributed by atoms with Gasteiger partial charge in [0.15, 0.2) is 0 Å². The molecule has 2 atom stereocenters. The van der Waals surface area contributed by atoms with Gasteiger partial charge in [0.05, 0.1) is 11.8 Å². The second-order valence-electron chi connectivity index (χ2n) is 2.76. The summed E-state index contributed by atoms with van der Waals surface area (Å²) in [7, 11) is 0. The van der Waals surface area contributed by atoms with Crippen LogP contribution in [-0.2, 0) is 0 Å². The number of aliphatic hydroxyl groups is 2. The van der Waals surface area contributed by atoms with E-state index in [2.05, 4.69) is 5.18 Å². The Labute approximate surface area is 71.9 Å². The number of nitrogens with zero attached hydrogens (tertiary/aromatic N) is 1. The molecule has 0 aliphatic carbocycles. The molecular formula is C8H15NO3. The molecule has 0 fully saturated rings. The van der Waals surface area contributed by atoms with Gasteiger partial charge >= 0.3 is 0 Å². The standard InChI is InChI=1S/C8H15NO3/c1-4-7(9-12)5(2)8(11)6(3)10/h6,8,10-11H,4H2,1-3H3/b7-5-. The summed E-state index contributed by atoms with van der Waals surface area (Å²) >= 11 is 0. The minimum absolute atomic E-state index is 0.309. The minimum Gasteiger partial charge on any atom is -0.390 e. The van der Waals surface area contributed by atoms with Crippen LogP contribution in [0.2, 0.25) is 0 Å². The van der Waals surface area contributed by atoms with Crippen LogP contribution >= 0.6 is 0 Å². The molecule has 0 aliphatic heterocycles. The number of rotatable bonds is 4. The van der Waals surface area contributed by atoms with Crippen LogP contribution in [0.15, 0.2) is 16.4 Å². The first-order chi connectivity index (χ1) is 5.54. The fourth-order valence-corrected chi connectivity index (χ4v) is 0.948. The van der Waals surface area contributed by atoms with Crippen LogP contribution in [0.25, 0.3) is 0 Å². The smallest absolute Gasteiger partial charge is 0.102 e. The average molecular weight is 173 g/mol. The van der Waals surface area contributed by atoms with Gasteiger partial charge in [0.2, 0.25) is 0 Å². The molecule has 0 rings (SSSR count). The molecule has 4 nitrogen and oxygen atoms in total. The number of allylic oxidation sites excluding steroid dienone is 1. The van der Waals surface area contributed by atoms with E-state index in [-0.39, 0.29) is 0 Å². The van der Waals surface area contributed by atoms with Crippen LogP contribution < -0.4 is 0 Å². The Kier molecular flexibility index (Phi) is 4.70. The predicted octanol–water partition coefficient (Wildman–Crippen LogP) is 1.18. The number of aliphatic hydroxyl groups excluding tert-OH is 2. The highest BCUT2D eigenvalue weighted by Gasteiger charge is 2.16. The Bertz CT molecular complexity index is 187. The molecule has 2 N–H and O–H groups in total. The molecule has 0 aromatic heterocycles. The Hall–Kier alpha value is -0.740. The van der Waals surface area contributed by atoms with Gasteiger partial charge in [-0.2, -0.15) is 0 Å². The van der Waals surface area contributed by atoms with Gasteiger partial charge in [-0.05, 0) is 31.0 Å². The van der Waals surface area contributed by atoms with Gasteiger partial charge in [0.25, 0.3) is 0 Å². The molecule has 0 amide bonds. The SMILES string of the molecule is CC/C(N=O)=C(\C)C(O)C(C)O. The molecule has 12 heavy (non-hydrogen) atoms. The lowest BCUT2D eigenvalue weighted by molar-refractivity contribution is 0.0539. The molecule has 0 saturated carbocycles. The van der Waals surface area contributed by atoms with Crippen molar-refractivity contribution in [1.82, 2.24) is 0 Å². The zero-order valence-electron chi connectivity index (χ0n) is 7.61. The number of nitroso groups, excluding NO2 is 1. The summed E-state index contributed by atoms with van der Waals surface area (Å²) in [5.74, 6) is 0. The first-order valence-electron chi connectivity index (χ1n) is 3.93. The summed E-state index contributed by atoms with van der Waals surface area (Å²) in [6, 6.07) is 0. The van der Waals surface area contributed by atoms with E-state index in [1.165, 1.54) is 6.92 Å². The fraction of sp³-hybridized carbons (Fsp3) is 0.750. The maximum absolute atomic E-state index is 10.2. The zero-order chi connectivity index (χ0) is 9.72. The molecule has 0 saturated heterocycles. The predicted molar refractivity (Wildman–Crippen MR) is 46.5 cm³/mol. The summed E-state index contributed by atoms with van der Waals surface area (Å²) in [5, 5.41) is 21.1. The molecule has 0 spiro atoms. The molecule has 0 bridgehead atoms. The third kappa shape index (κ3) is 2.71. The van der Waals surface area contributed by atoms with E-state index in [1.807, 2.05) is 0 Å². The van der Waals surface area contributed by atoms with Gasteiger partial charge in [0.1, 0.15) is 6.10 Å². The highest BCUT2D eigenvalue weighted by atomic mass is 16.3. The molecule has 4 heteroatoms. The largest absolute Gasteiger partial charge is 0.390 e. The summed E-state index contributed by atoms with van der Waals surface area (Å²) < 4.78 is 0. The lowest BCUT2D eigenvalue weighted by atomic mass is 10.0. The third-order valence-corrected chi connectivity index (χ3v) is 1.80. The molecular weight excluding hydrogens is 158 g/mol. The van der Waals surface area contributed by atoms with E-state index in [0.717, 1.165) is 0 Å². The van der Waals surface area contributed by atoms with Gasteiger partial charge < -0.3 is 10.2 Å². The average Bonchev–Trinajstić information content (AvgIpc) is 2.05. The van der Waals surface area contributed by atoms with Crippen molar-refractivity contribution in [2.45, 2.75) is 39.4 Å². The van der Waals surface area contributed by atoms with E-state index in [9.17, 15) is 10.0 Å². The van der Waals surface area contributed by atoms with Crippen molar-refractivity contribution in [2.24, 2.45) is 5.18 Å². The lowest BCUT2D eigenvalue weighted by Crippen LogP contribution is -2.24. The van der Waals surface area contributed by atoms with Gasteiger partial charge in [-0.3, -0.25) is 0 Å². The van der Waals surface area contributed by atoms with Gasteiger partial charge in [-0.15, -0.1) is 4.91 Å². The molecule has 0 aromatic rings. The Morgan fingerprint density at radius 3 is 2.25 bits per heavy atom. The van der Waals surface area contributed by atoms with E-state index >= 15 is 0 Å². The summed E-state index contributed by atoms with van der Waals surface area (Å²) in [4.78, 5) is 10.2. The van der Waals surface area contributed by atoms with Crippen LogP contribution in [0.5, 0.6) is 0 Å². The molecule has 0 aliphatic rings. The second kappa shape index (κ2) is 5.00. The van der Waals surface area contributed by atoms with Crippen molar-refractivity contribution in [3.8, 4) is 0 Å². The molecule has 2 unspecified atom stereocenters. The van der Waals surface area contributed by atoms with Crippen molar-refractivity contribution in [3.63, 3.8) is 0 Å². The summed E-state index contributed by atoms with van der Waals surface area (Å²) in [6.07, 6.45) is -1.38. The van der Waals surface area contributed by atoms with E-state index in [4.69, 9.17) is 5.11 Å². The lowest BCUT2D eigenvalue weighted by Gasteiger charge is -2.15. The maximum atomic E-state index is 10.2. The first-order valence-corrected chi connectivity index (χ1v) is 3.93. The topological polar surface area (TPSA) is 69.9 Å². The Morgan fingerprint density at radius 2 is 2.00 bits per heavy atom. The monoisotopic (exact) mass is 173 g/mol. The van der Waals surface area contributed by atoms with Gasteiger partial charge in [-0.25, -0.2) is 0 Å². The first kappa shape index (κ1) is 11.3. The summed E-state index contributed by atoms with van der Waals surface area (Å²) in [5.41, 5.74) is 0.755. The van der Waals surface area contributed by atoms with Crippen LogP contribution in [0.3, 0.4) is 0 Å². The van der Waals surface area contributed by atoms with Gasteiger partial charge in [-0.1, -0.05) is 6.92 Å². The second-order valence-corrected chi connectivity index (χ2v) is 2.76. The maximum Gasteiger partial charge on any atom is 0.102 e. The van der Waals surface area contributed by atoms with Crippen molar-refractivity contribution < 1.29 is 10.2 Å². The van der Waals surface area contributed by atoms with Gasteiger partial charge in [0, 0.05) is 0 Å². The van der Waals surface area contributed by atoms with Crippen molar-refractivity contribution in [2.75, 3.05) is 0 Å². The highest BCUT2D eigenvalue weighted by molar-refractivity contribution is 5.15. The Balaban J connectivity index is 4.61. The van der Waals surface area contributed by atoms with E-state index in [1.54, 1.807) is 13.8 Å². The Morgan fingerprint density at radius 1 is 1.50 bits per heavy atom. The van der Waals surface area contributed by atoms with Crippen LogP contribution in [0.1, 0.15) is 27.2 Å². The highest BCUT2D eigenvalue weighted by Crippen LogP contribution is 2.15. The van der Waals surface area contributed by atoms with Crippen molar-refractivity contribution in [3.05, 3.63) is 16.2 Å². The molecule has 0 heterocycles. The molecule has 0 radical (unpaired) electrons. The fourth-order valence-electron chi connectivity index (χ4n) is 0.948. The van der Waals surface area contributed by atoms with Crippen LogP contribution in [-0.4, -0.2) is 22.4 Å². The normalized spacial score (nSPS) is 18.1. The summed E-state index contributed by atoms with van der Waals surface area (Å²) in [6.45, 7) is 4.83. The van der Waals surface area contributed by atoms with E-state index in [0.29, 0.717) is 17.7 Å². The van der Waals surface area contributed by atoms with Crippen molar-refractivity contribution >= 4 is 0 Å². The molecule has 0 aromatic carbocycles. The number of hydrogen-bond donors (Lipinski definition) is 2. The minimum atomic E-state index is -0.988. The zero-order valence-corrected chi connectivity index (χ0v) is 7.61. The quantitative estimate of drug-likeness (QED) is 0.627. The number of hydrogen-bond acceptors (Lipinski definition) is 4. The third-order valence-electron chi connectivity index (χ3n) is 1.80. The van der Waals surface area contributed by atoms with Crippen LogP contribution in [0, 0.1) is 4.91 Å².